The zero-order chi connectivity index (χ0) is 51.8. The van der Waals surface area contributed by atoms with Gasteiger partial charge in [-0.05, 0) is 118 Å². The van der Waals surface area contributed by atoms with Crippen molar-refractivity contribution < 1.29 is 42.6 Å². The molecule has 3 aliphatic heterocycles. The van der Waals surface area contributed by atoms with Gasteiger partial charge in [-0.3, -0.25) is 34.2 Å². The number of nitrogens with zero attached hydrogens (tertiary/aromatic N) is 3. The van der Waals surface area contributed by atoms with Crippen molar-refractivity contribution in [3.8, 4) is 22.6 Å². The number of anilines is 1. The van der Waals surface area contributed by atoms with Gasteiger partial charge in [-0.1, -0.05) is 59.6 Å². The van der Waals surface area contributed by atoms with Gasteiger partial charge in [0.2, 0.25) is 23.6 Å². The summed E-state index contributed by atoms with van der Waals surface area (Å²) < 4.78 is 27.4. The summed E-state index contributed by atoms with van der Waals surface area (Å²) in [5.41, 5.74) is 9.04. The van der Waals surface area contributed by atoms with Crippen LogP contribution in [0.4, 0.5) is 14.9 Å². The first-order chi connectivity index (χ1) is 35.2. The van der Waals surface area contributed by atoms with Crippen molar-refractivity contribution in [3.05, 3.63) is 111 Å². The Morgan fingerprint density at radius 3 is 2.22 bits per heavy atom. The van der Waals surface area contributed by atoms with E-state index in [2.05, 4.69) is 16.0 Å². The number of likely N-dealkylation sites (tertiary alicyclic amines) is 2. The molecule has 4 fully saturated rings. The number of aryl methyl sites for hydroxylation is 1. The van der Waals surface area contributed by atoms with E-state index >= 15 is 4.39 Å². The van der Waals surface area contributed by atoms with Crippen molar-refractivity contribution in [3.63, 3.8) is 0 Å². The number of carbonyl (C=O) groups excluding carboxylic acids is 6. The maximum atomic E-state index is 16.1. The molecule has 0 radical (unpaired) electrons. The number of urea groups is 1. The summed E-state index contributed by atoms with van der Waals surface area (Å²) in [7, 11) is 0. The number of piperidine rings is 2. The molecule has 1 saturated carbocycles. The standard InChI is InChI=1S/C55H64Cl2FN7O8/c1-3-72-47-16-15-40(52(59)68)50(51(47)58)42-28-41(44(56)29-45(42)57)43(35-7-5-4-6-8-35)31-60-38-12-10-36(11-13-38)53(69)61-30-34-17-22-64(23-18-34)54(70)37-19-24-63(25-20-37)49(67)32-73-39-14-9-33(2)46(27-39)65-26-21-48(66)62-55(65)71/h4-9,14-16,27-29,34,36-38,43,60H,3,10-13,17-26,30-32H2,1-2H3,(H2,59,68)(H,61,69)(H,62,66,71). The zero-order valence-electron chi connectivity index (χ0n) is 41.4. The smallest absolute Gasteiger partial charge is 0.328 e. The second kappa shape index (κ2) is 24.2. The van der Waals surface area contributed by atoms with Gasteiger partial charge in [-0.2, -0.15) is 0 Å². The molecule has 0 aromatic heterocycles. The molecular formula is C55H64Cl2FN7O8. The molecule has 4 aromatic rings. The fourth-order valence-electron chi connectivity index (χ4n) is 10.6. The number of nitrogens with one attached hydrogen (secondary N) is 3. The molecule has 73 heavy (non-hydrogen) atoms. The molecule has 3 heterocycles. The Kier molecular flexibility index (Phi) is 17.6. The number of hydrogen-bond acceptors (Lipinski definition) is 9. The van der Waals surface area contributed by atoms with Crippen molar-refractivity contribution >= 4 is 64.5 Å². The van der Waals surface area contributed by atoms with E-state index in [4.69, 9.17) is 38.4 Å². The average molecular weight is 1040 g/mol. The Bertz CT molecular complexity index is 2690. The minimum Gasteiger partial charge on any atom is -0.491 e. The first-order valence-electron chi connectivity index (χ1n) is 25.4. The van der Waals surface area contributed by atoms with Crippen LogP contribution in [0.1, 0.15) is 97.7 Å². The van der Waals surface area contributed by atoms with Crippen LogP contribution in [-0.2, 0) is 19.2 Å². The predicted octanol–water partition coefficient (Wildman–Crippen LogP) is 8.00. The number of nitrogens with two attached hydrogens (primary N) is 1. The molecule has 8 rings (SSSR count). The van der Waals surface area contributed by atoms with Crippen LogP contribution < -0.4 is 36.1 Å². The largest absolute Gasteiger partial charge is 0.491 e. The lowest BCUT2D eigenvalue weighted by atomic mass is 9.84. The number of amides is 7. The monoisotopic (exact) mass is 1040 g/mol. The number of primary amides is 1. The minimum atomic E-state index is -0.805. The first-order valence-corrected chi connectivity index (χ1v) is 26.2. The highest BCUT2D eigenvalue weighted by molar-refractivity contribution is 6.37. The second-order valence-electron chi connectivity index (χ2n) is 19.5. The SMILES string of the molecule is CCOc1ccc(C(N)=O)c(-c2cc(C(CNC3CCC(C(=O)NCC4CCN(C(=O)C5CCN(C(=O)COc6ccc(C)c(N7CCC(=O)NC7=O)c6)CC5)CC4)CC3)c3ccccc3)c(Cl)cc2Cl)c1F. The summed E-state index contributed by atoms with van der Waals surface area (Å²) in [4.78, 5) is 82.0. The molecule has 7 amide bonds. The molecule has 1 aliphatic carbocycles. The summed E-state index contributed by atoms with van der Waals surface area (Å²) >= 11 is 13.7. The summed E-state index contributed by atoms with van der Waals surface area (Å²) in [6.07, 6.45) is 6.05. The maximum Gasteiger partial charge on any atom is 0.328 e. The molecule has 1 atom stereocenters. The Labute approximate surface area is 435 Å². The average Bonchev–Trinajstić information content (AvgIpc) is 3.39. The molecule has 388 valence electrons. The zero-order valence-corrected chi connectivity index (χ0v) is 42.9. The third kappa shape index (κ3) is 12.8. The summed E-state index contributed by atoms with van der Waals surface area (Å²) in [5, 5.41) is 9.84. The van der Waals surface area contributed by atoms with Gasteiger partial charge in [0.15, 0.2) is 18.2 Å². The van der Waals surface area contributed by atoms with Crippen molar-refractivity contribution in [2.24, 2.45) is 23.5 Å². The van der Waals surface area contributed by atoms with Crippen LogP contribution in [0.25, 0.3) is 11.1 Å². The van der Waals surface area contributed by atoms with Gasteiger partial charge < -0.3 is 35.6 Å². The molecule has 15 nitrogen and oxygen atoms in total. The van der Waals surface area contributed by atoms with E-state index in [0.29, 0.717) is 74.1 Å². The van der Waals surface area contributed by atoms with Gasteiger partial charge in [0.1, 0.15) is 5.75 Å². The Morgan fingerprint density at radius 1 is 0.822 bits per heavy atom. The minimum absolute atomic E-state index is 0.0223. The van der Waals surface area contributed by atoms with E-state index in [1.807, 2.05) is 48.2 Å². The molecule has 18 heteroatoms. The van der Waals surface area contributed by atoms with E-state index in [1.54, 1.807) is 36.1 Å². The van der Waals surface area contributed by atoms with Gasteiger partial charge in [-0.15, -0.1) is 0 Å². The molecule has 1 unspecified atom stereocenters. The van der Waals surface area contributed by atoms with Crippen LogP contribution in [0.2, 0.25) is 10.0 Å². The highest BCUT2D eigenvalue weighted by Crippen LogP contribution is 2.42. The first kappa shape index (κ1) is 53.1. The summed E-state index contributed by atoms with van der Waals surface area (Å²) in [6.45, 7) is 7.18. The van der Waals surface area contributed by atoms with Crippen molar-refractivity contribution in [2.75, 3.05) is 63.9 Å². The highest BCUT2D eigenvalue weighted by Gasteiger charge is 2.34. The van der Waals surface area contributed by atoms with E-state index in [0.717, 1.165) is 49.7 Å². The van der Waals surface area contributed by atoms with Crippen LogP contribution in [0.3, 0.4) is 0 Å². The van der Waals surface area contributed by atoms with Gasteiger partial charge in [-0.25, -0.2) is 9.18 Å². The highest BCUT2D eigenvalue weighted by atomic mass is 35.5. The number of ether oxygens (including phenoxy) is 2. The molecule has 4 aromatic carbocycles. The van der Waals surface area contributed by atoms with Crippen molar-refractivity contribution in [1.82, 2.24) is 25.8 Å². The fourth-order valence-corrected chi connectivity index (χ4v) is 11.2. The molecule has 0 spiro atoms. The maximum absolute atomic E-state index is 16.1. The number of rotatable bonds is 17. The van der Waals surface area contributed by atoms with Crippen molar-refractivity contribution in [1.29, 1.82) is 0 Å². The number of hydrogen-bond donors (Lipinski definition) is 4. The summed E-state index contributed by atoms with van der Waals surface area (Å²) in [5.74, 6) is -1.66. The molecule has 0 bridgehead atoms. The lowest BCUT2D eigenvalue weighted by Gasteiger charge is -2.37. The van der Waals surface area contributed by atoms with Crippen LogP contribution in [-0.4, -0.2) is 110 Å². The predicted molar refractivity (Wildman–Crippen MR) is 277 cm³/mol. The van der Waals surface area contributed by atoms with Crippen LogP contribution in [0, 0.1) is 30.5 Å². The van der Waals surface area contributed by atoms with E-state index in [1.165, 1.54) is 17.0 Å². The summed E-state index contributed by atoms with van der Waals surface area (Å²) in [6, 6.07) is 20.9. The number of halogens is 3. The topological polar surface area (TPSA) is 193 Å². The molecule has 3 saturated heterocycles. The van der Waals surface area contributed by atoms with Gasteiger partial charge in [0.05, 0.1) is 22.9 Å². The quantitative estimate of drug-likeness (QED) is 0.0811. The number of benzene rings is 4. The van der Waals surface area contributed by atoms with E-state index < -0.39 is 17.8 Å². The second-order valence-corrected chi connectivity index (χ2v) is 20.3. The normalized spacial score (nSPS) is 19.3. The third-order valence-corrected chi connectivity index (χ3v) is 15.5. The van der Waals surface area contributed by atoms with Crippen LogP contribution >= 0.6 is 23.2 Å². The fraction of sp³-hybridized carbons (Fsp3) is 0.455. The molecule has 5 N–H and O–H groups in total. The lowest BCUT2D eigenvalue weighted by Crippen LogP contribution is -2.49. The van der Waals surface area contributed by atoms with E-state index in [9.17, 15) is 28.8 Å². The van der Waals surface area contributed by atoms with E-state index in [-0.39, 0.29) is 107 Å². The van der Waals surface area contributed by atoms with Crippen LogP contribution in [0.5, 0.6) is 11.5 Å². The van der Waals surface area contributed by atoms with Crippen LogP contribution in [0.15, 0.2) is 72.8 Å². The lowest BCUT2D eigenvalue weighted by molar-refractivity contribution is -0.142. The van der Waals surface area contributed by atoms with Gasteiger partial charge >= 0.3 is 6.03 Å². The van der Waals surface area contributed by atoms with Crippen molar-refractivity contribution in [2.45, 2.75) is 83.6 Å². The molecule has 4 aliphatic rings. The third-order valence-electron chi connectivity index (χ3n) is 14.9. The van der Waals surface area contributed by atoms with Gasteiger partial charge in [0, 0.05) is 98.2 Å². The number of imide groups is 1. The Morgan fingerprint density at radius 2 is 1.53 bits per heavy atom. The Hall–Kier alpha value is -6.23. The van der Waals surface area contributed by atoms with Gasteiger partial charge in [0.25, 0.3) is 5.91 Å². The Balaban J connectivity index is 0.766. The molecular weight excluding hydrogens is 977 g/mol. The number of carbonyl (C=O) groups is 6.